The first kappa shape index (κ1) is 11.3. The molecule has 2 nitrogen and oxygen atoms in total. The van der Waals surface area contributed by atoms with Gasteiger partial charge in [0.05, 0.1) is 0 Å². The normalized spacial score (nSPS) is 16.4. The zero-order valence-corrected chi connectivity index (χ0v) is 8.80. The van der Waals surface area contributed by atoms with Crippen molar-refractivity contribution in [2.45, 2.75) is 57.8 Å². The molecular formula is C12H20O2. The number of aliphatic carboxylic acids is 1. The molecule has 0 bridgehead atoms. The lowest BCUT2D eigenvalue weighted by atomic mass is 9.95. The van der Waals surface area contributed by atoms with Gasteiger partial charge in [0.1, 0.15) is 0 Å². The number of carboxylic acids is 1. The second-order valence-corrected chi connectivity index (χ2v) is 4.06. The Balaban J connectivity index is 1.98. The lowest BCUT2D eigenvalue weighted by molar-refractivity contribution is -0.137. The number of hydrogen-bond donors (Lipinski definition) is 1. The Hall–Kier alpha value is -0.790. The summed E-state index contributed by atoms with van der Waals surface area (Å²) in [5.41, 5.74) is 1.60. The monoisotopic (exact) mass is 196 g/mol. The third-order valence-electron chi connectivity index (χ3n) is 2.77. The van der Waals surface area contributed by atoms with Crippen LogP contribution in [0.1, 0.15) is 57.8 Å². The van der Waals surface area contributed by atoms with E-state index in [1.54, 1.807) is 5.57 Å². The predicted molar refractivity (Wildman–Crippen MR) is 57.3 cm³/mol. The van der Waals surface area contributed by atoms with Gasteiger partial charge >= 0.3 is 5.97 Å². The zero-order valence-electron chi connectivity index (χ0n) is 8.80. The fourth-order valence-corrected chi connectivity index (χ4v) is 1.94. The Morgan fingerprint density at radius 3 is 2.79 bits per heavy atom. The van der Waals surface area contributed by atoms with Crippen LogP contribution < -0.4 is 0 Å². The van der Waals surface area contributed by atoms with Crippen molar-refractivity contribution in [2.75, 3.05) is 0 Å². The summed E-state index contributed by atoms with van der Waals surface area (Å²) in [6, 6.07) is 0. The summed E-state index contributed by atoms with van der Waals surface area (Å²) >= 11 is 0. The van der Waals surface area contributed by atoms with Gasteiger partial charge < -0.3 is 5.11 Å². The number of carbonyl (C=O) groups is 1. The summed E-state index contributed by atoms with van der Waals surface area (Å²) in [6.07, 6.45) is 12.2. The molecule has 0 atom stereocenters. The van der Waals surface area contributed by atoms with E-state index in [0.29, 0.717) is 6.42 Å². The molecule has 0 unspecified atom stereocenters. The molecule has 1 aliphatic rings. The van der Waals surface area contributed by atoms with E-state index >= 15 is 0 Å². The fraction of sp³-hybridized carbons (Fsp3) is 0.750. The molecular weight excluding hydrogens is 176 g/mol. The van der Waals surface area contributed by atoms with Crippen LogP contribution in [-0.2, 0) is 4.79 Å². The Labute approximate surface area is 86.0 Å². The van der Waals surface area contributed by atoms with E-state index in [0.717, 1.165) is 12.8 Å². The Bertz CT molecular complexity index is 206. The summed E-state index contributed by atoms with van der Waals surface area (Å²) < 4.78 is 0. The molecule has 1 N–H and O–H groups in total. The molecule has 1 aliphatic carbocycles. The number of carboxylic acid groups (broad SMARTS) is 1. The van der Waals surface area contributed by atoms with Gasteiger partial charge in [-0.05, 0) is 44.9 Å². The van der Waals surface area contributed by atoms with Gasteiger partial charge in [-0.25, -0.2) is 0 Å². The average Bonchev–Trinajstić information content (AvgIpc) is 2.18. The van der Waals surface area contributed by atoms with Crippen molar-refractivity contribution in [1.29, 1.82) is 0 Å². The Kier molecular flexibility index (Phi) is 5.35. The van der Waals surface area contributed by atoms with Gasteiger partial charge in [0.15, 0.2) is 0 Å². The smallest absolute Gasteiger partial charge is 0.303 e. The van der Waals surface area contributed by atoms with Crippen molar-refractivity contribution < 1.29 is 9.90 Å². The van der Waals surface area contributed by atoms with E-state index in [1.807, 2.05) is 0 Å². The maximum Gasteiger partial charge on any atom is 0.303 e. The van der Waals surface area contributed by atoms with Gasteiger partial charge in [-0.15, -0.1) is 0 Å². The lowest BCUT2D eigenvalue weighted by Crippen LogP contribution is -1.95. The van der Waals surface area contributed by atoms with Crippen LogP contribution in [0.5, 0.6) is 0 Å². The molecule has 0 radical (unpaired) electrons. The van der Waals surface area contributed by atoms with Crippen LogP contribution >= 0.6 is 0 Å². The first-order chi connectivity index (χ1) is 6.79. The standard InChI is InChI=1S/C12H20O2/c13-12(14)10-6-2-5-9-11-7-3-1-4-8-11/h7H,1-6,8-10H2,(H,13,14). The number of allylic oxidation sites excluding steroid dienone is 2. The van der Waals surface area contributed by atoms with Crippen LogP contribution in [-0.4, -0.2) is 11.1 Å². The van der Waals surface area contributed by atoms with Gasteiger partial charge in [0.25, 0.3) is 0 Å². The SMILES string of the molecule is O=C(O)CCCCCC1=CCCCC1. The second kappa shape index (κ2) is 6.63. The summed E-state index contributed by atoms with van der Waals surface area (Å²) in [4.78, 5) is 10.3. The molecule has 14 heavy (non-hydrogen) atoms. The summed E-state index contributed by atoms with van der Waals surface area (Å²) in [7, 11) is 0. The van der Waals surface area contributed by atoms with Gasteiger partial charge in [0.2, 0.25) is 0 Å². The number of unbranched alkanes of at least 4 members (excludes halogenated alkanes) is 2. The van der Waals surface area contributed by atoms with Crippen molar-refractivity contribution >= 4 is 5.97 Å². The maximum atomic E-state index is 10.3. The molecule has 0 aromatic carbocycles. The van der Waals surface area contributed by atoms with E-state index in [2.05, 4.69) is 6.08 Å². The molecule has 2 heteroatoms. The highest BCUT2D eigenvalue weighted by molar-refractivity contribution is 5.66. The topological polar surface area (TPSA) is 37.3 Å². The van der Waals surface area contributed by atoms with E-state index in [9.17, 15) is 4.79 Å². The number of rotatable bonds is 6. The molecule has 0 amide bonds. The second-order valence-electron chi connectivity index (χ2n) is 4.06. The van der Waals surface area contributed by atoms with Crippen LogP contribution in [0.4, 0.5) is 0 Å². The fourth-order valence-electron chi connectivity index (χ4n) is 1.94. The molecule has 0 aromatic heterocycles. The van der Waals surface area contributed by atoms with Gasteiger partial charge in [-0.1, -0.05) is 18.1 Å². The highest BCUT2D eigenvalue weighted by Crippen LogP contribution is 2.22. The minimum absolute atomic E-state index is 0.332. The molecule has 0 saturated carbocycles. The largest absolute Gasteiger partial charge is 0.481 e. The van der Waals surface area contributed by atoms with Gasteiger partial charge in [0, 0.05) is 6.42 Å². The number of hydrogen-bond acceptors (Lipinski definition) is 1. The molecule has 0 aliphatic heterocycles. The van der Waals surface area contributed by atoms with Crippen molar-refractivity contribution in [3.63, 3.8) is 0 Å². The quantitative estimate of drug-likeness (QED) is 0.521. The van der Waals surface area contributed by atoms with Crippen LogP contribution in [0.25, 0.3) is 0 Å². The lowest BCUT2D eigenvalue weighted by Gasteiger charge is -2.11. The Morgan fingerprint density at radius 2 is 2.14 bits per heavy atom. The summed E-state index contributed by atoms with van der Waals surface area (Å²) in [5, 5.41) is 8.45. The molecule has 0 saturated heterocycles. The predicted octanol–water partition coefficient (Wildman–Crippen LogP) is 3.52. The third kappa shape index (κ3) is 5.05. The van der Waals surface area contributed by atoms with Gasteiger partial charge in [-0.2, -0.15) is 0 Å². The van der Waals surface area contributed by atoms with Crippen molar-refractivity contribution in [2.24, 2.45) is 0 Å². The van der Waals surface area contributed by atoms with Crippen molar-refractivity contribution in [3.05, 3.63) is 11.6 Å². The van der Waals surface area contributed by atoms with Crippen LogP contribution in [0.2, 0.25) is 0 Å². The van der Waals surface area contributed by atoms with Crippen LogP contribution in [0, 0.1) is 0 Å². The minimum Gasteiger partial charge on any atom is -0.481 e. The van der Waals surface area contributed by atoms with E-state index < -0.39 is 5.97 Å². The molecule has 0 aromatic rings. The first-order valence-electron chi connectivity index (χ1n) is 5.69. The van der Waals surface area contributed by atoms with Crippen LogP contribution in [0.15, 0.2) is 11.6 Å². The highest BCUT2D eigenvalue weighted by Gasteiger charge is 2.03. The van der Waals surface area contributed by atoms with Crippen LogP contribution in [0.3, 0.4) is 0 Å². The summed E-state index contributed by atoms with van der Waals surface area (Å²) in [5.74, 6) is -0.665. The van der Waals surface area contributed by atoms with Crippen molar-refractivity contribution in [1.82, 2.24) is 0 Å². The zero-order chi connectivity index (χ0) is 10.2. The molecule has 80 valence electrons. The van der Waals surface area contributed by atoms with Crippen molar-refractivity contribution in [3.8, 4) is 0 Å². The third-order valence-corrected chi connectivity index (χ3v) is 2.77. The minimum atomic E-state index is -0.665. The highest BCUT2D eigenvalue weighted by atomic mass is 16.4. The van der Waals surface area contributed by atoms with E-state index in [4.69, 9.17) is 5.11 Å². The van der Waals surface area contributed by atoms with Gasteiger partial charge in [-0.3, -0.25) is 4.79 Å². The molecule has 0 spiro atoms. The average molecular weight is 196 g/mol. The summed E-state index contributed by atoms with van der Waals surface area (Å²) in [6.45, 7) is 0. The van der Waals surface area contributed by atoms with E-state index in [-0.39, 0.29) is 0 Å². The Morgan fingerprint density at radius 1 is 1.29 bits per heavy atom. The van der Waals surface area contributed by atoms with E-state index in [1.165, 1.54) is 38.5 Å². The molecule has 0 fully saturated rings. The first-order valence-corrected chi connectivity index (χ1v) is 5.69. The molecule has 0 heterocycles. The molecule has 1 rings (SSSR count). The maximum absolute atomic E-state index is 10.3.